The Labute approximate surface area is 104 Å². The number of para-hydroxylation sites is 1. The van der Waals surface area contributed by atoms with E-state index in [9.17, 15) is 4.39 Å². The van der Waals surface area contributed by atoms with Gasteiger partial charge in [0.1, 0.15) is 5.75 Å². The first-order valence-electron chi connectivity index (χ1n) is 5.14. The first-order valence-corrected chi connectivity index (χ1v) is 5.68. The van der Waals surface area contributed by atoms with E-state index < -0.39 is 5.82 Å². The van der Waals surface area contributed by atoms with E-state index in [1.165, 1.54) is 6.07 Å². The third kappa shape index (κ3) is 2.74. The maximum atomic E-state index is 13.6. The van der Waals surface area contributed by atoms with E-state index >= 15 is 0 Å². The van der Waals surface area contributed by atoms with Crippen molar-refractivity contribution >= 4 is 11.6 Å². The van der Waals surface area contributed by atoms with Crippen LogP contribution < -0.4 is 4.74 Å². The molecule has 4 heteroatoms. The second kappa shape index (κ2) is 5.15. The molecule has 0 fully saturated rings. The highest BCUT2D eigenvalue weighted by molar-refractivity contribution is 6.17. The Morgan fingerprint density at radius 2 is 2.12 bits per heavy atom. The quantitative estimate of drug-likeness (QED) is 0.768. The molecule has 0 radical (unpaired) electrons. The van der Waals surface area contributed by atoms with Crippen LogP contribution in [-0.2, 0) is 5.88 Å². The number of aromatic nitrogens is 1. The first kappa shape index (κ1) is 11.9. The van der Waals surface area contributed by atoms with Gasteiger partial charge < -0.3 is 4.74 Å². The lowest BCUT2D eigenvalue weighted by atomic mass is 10.2. The topological polar surface area (TPSA) is 22.1 Å². The molecule has 88 valence electrons. The lowest BCUT2D eigenvalue weighted by Gasteiger charge is -2.10. The molecule has 0 N–H and O–H groups in total. The number of benzene rings is 1. The van der Waals surface area contributed by atoms with Crippen LogP contribution in [0.5, 0.6) is 11.5 Å². The minimum Gasteiger partial charge on any atom is -0.452 e. The molecule has 1 aromatic carbocycles. The number of rotatable bonds is 3. The van der Waals surface area contributed by atoms with Crippen LogP contribution in [0.25, 0.3) is 0 Å². The molecule has 1 heterocycles. The molecule has 0 saturated heterocycles. The minimum atomic E-state index is -0.427. The molecule has 2 aromatic rings. The van der Waals surface area contributed by atoms with E-state index in [2.05, 4.69) is 4.98 Å². The molecule has 0 bridgehead atoms. The lowest BCUT2D eigenvalue weighted by Crippen LogP contribution is -1.94. The van der Waals surface area contributed by atoms with Crippen molar-refractivity contribution in [1.29, 1.82) is 0 Å². The van der Waals surface area contributed by atoms with Crippen molar-refractivity contribution in [3.05, 3.63) is 53.6 Å². The number of nitrogens with zero attached hydrogens (tertiary/aromatic N) is 1. The van der Waals surface area contributed by atoms with Crippen molar-refractivity contribution in [2.45, 2.75) is 12.8 Å². The van der Waals surface area contributed by atoms with E-state index in [0.29, 0.717) is 11.3 Å². The summed E-state index contributed by atoms with van der Waals surface area (Å²) in [6.07, 6.45) is 1.56. The molecule has 2 nitrogen and oxygen atoms in total. The predicted molar refractivity (Wildman–Crippen MR) is 65.0 cm³/mol. The van der Waals surface area contributed by atoms with E-state index in [0.717, 1.165) is 5.69 Å². The Bertz CT molecular complexity index is 513. The van der Waals surface area contributed by atoms with E-state index in [1.54, 1.807) is 30.5 Å². The number of hydrogen-bond acceptors (Lipinski definition) is 2. The molecule has 0 saturated carbocycles. The zero-order chi connectivity index (χ0) is 12.3. The van der Waals surface area contributed by atoms with Crippen molar-refractivity contribution in [2.75, 3.05) is 0 Å². The fourth-order valence-electron chi connectivity index (χ4n) is 1.41. The predicted octanol–water partition coefficient (Wildman–Crippen LogP) is 4.06. The molecule has 0 unspecified atom stereocenters. The van der Waals surface area contributed by atoms with Gasteiger partial charge in [-0.05, 0) is 25.1 Å². The van der Waals surface area contributed by atoms with Gasteiger partial charge in [0, 0.05) is 11.3 Å². The van der Waals surface area contributed by atoms with E-state index in [4.69, 9.17) is 16.3 Å². The normalized spacial score (nSPS) is 10.3. The van der Waals surface area contributed by atoms with Crippen LogP contribution in [0.2, 0.25) is 0 Å². The zero-order valence-electron chi connectivity index (χ0n) is 9.28. The molecule has 0 amide bonds. The van der Waals surface area contributed by atoms with E-state index in [1.807, 2.05) is 6.92 Å². The Morgan fingerprint density at radius 3 is 2.76 bits per heavy atom. The second-order valence-corrected chi connectivity index (χ2v) is 3.87. The lowest BCUT2D eigenvalue weighted by molar-refractivity contribution is 0.436. The summed E-state index contributed by atoms with van der Waals surface area (Å²) in [6, 6.07) is 8.22. The fraction of sp³-hybridized carbons (Fsp3) is 0.154. The standard InChI is InChI=1S/C13H11ClFNO/c1-9-5-6-11(8-16-9)17-13-10(7-14)3-2-4-12(13)15/h2-6,8H,7H2,1H3. The number of alkyl halides is 1. The van der Waals surface area contributed by atoms with Crippen molar-refractivity contribution in [3.8, 4) is 11.5 Å². The molecule has 0 aliphatic heterocycles. The van der Waals surface area contributed by atoms with Crippen LogP contribution in [0.1, 0.15) is 11.3 Å². The summed E-state index contributed by atoms with van der Waals surface area (Å²) in [5.41, 5.74) is 1.50. The van der Waals surface area contributed by atoms with Crippen LogP contribution in [0, 0.1) is 12.7 Å². The Balaban J connectivity index is 2.32. The zero-order valence-corrected chi connectivity index (χ0v) is 10.0. The van der Waals surface area contributed by atoms with Gasteiger partial charge in [0.15, 0.2) is 11.6 Å². The SMILES string of the molecule is Cc1ccc(Oc2c(F)cccc2CCl)cn1. The fourth-order valence-corrected chi connectivity index (χ4v) is 1.62. The summed E-state index contributed by atoms with van der Waals surface area (Å²) >= 11 is 5.73. The molecule has 17 heavy (non-hydrogen) atoms. The Kier molecular flexibility index (Phi) is 3.59. The average molecular weight is 252 g/mol. The summed E-state index contributed by atoms with van der Waals surface area (Å²) in [6.45, 7) is 1.87. The number of ether oxygens (including phenoxy) is 1. The number of halogens is 2. The van der Waals surface area contributed by atoms with Crippen molar-refractivity contribution in [2.24, 2.45) is 0 Å². The van der Waals surface area contributed by atoms with Gasteiger partial charge in [-0.2, -0.15) is 0 Å². The maximum absolute atomic E-state index is 13.6. The van der Waals surface area contributed by atoms with Crippen LogP contribution in [0.3, 0.4) is 0 Å². The highest BCUT2D eigenvalue weighted by atomic mass is 35.5. The Morgan fingerprint density at radius 1 is 1.29 bits per heavy atom. The number of aryl methyl sites for hydroxylation is 1. The largest absolute Gasteiger partial charge is 0.452 e. The van der Waals surface area contributed by atoms with Gasteiger partial charge in [0.05, 0.1) is 12.1 Å². The van der Waals surface area contributed by atoms with Crippen LogP contribution >= 0.6 is 11.6 Å². The van der Waals surface area contributed by atoms with Gasteiger partial charge in [-0.3, -0.25) is 4.98 Å². The molecular formula is C13H11ClFNO. The van der Waals surface area contributed by atoms with Crippen molar-refractivity contribution < 1.29 is 9.13 Å². The van der Waals surface area contributed by atoms with E-state index in [-0.39, 0.29) is 11.6 Å². The molecule has 2 rings (SSSR count). The summed E-state index contributed by atoms with van der Waals surface area (Å²) in [5.74, 6) is 0.427. The van der Waals surface area contributed by atoms with Crippen LogP contribution in [0.4, 0.5) is 4.39 Å². The monoisotopic (exact) mass is 251 g/mol. The number of pyridine rings is 1. The first-order chi connectivity index (χ1) is 8.20. The van der Waals surface area contributed by atoms with Gasteiger partial charge in [0.2, 0.25) is 0 Å². The van der Waals surface area contributed by atoms with Crippen LogP contribution in [-0.4, -0.2) is 4.98 Å². The highest BCUT2D eigenvalue weighted by Gasteiger charge is 2.10. The summed E-state index contributed by atoms with van der Waals surface area (Å²) in [4.78, 5) is 4.08. The molecule has 0 spiro atoms. The summed E-state index contributed by atoms with van der Waals surface area (Å²) in [5, 5.41) is 0. The average Bonchev–Trinajstić information content (AvgIpc) is 2.34. The molecule has 0 aliphatic rings. The smallest absolute Gasteiger partial charge is 0.167 e. The van der Waals surface area contributed by atoms with Gasteiger partial charge in [-0.25, -0.2) is 4.39 Å². The molecule has 0 atom stereocenters. The van der Waals surface area contributed by atoms with Gasteiger partial charge in [-0.1, -0.05) is 12.1 Å². The van der Waals surface area contributed by atoms with Gasteiger partial charge in [0.25, 0.3) is 0 Å². The third-order valence-corrected chi connectivity index (χ3v) is 2.58. The van der Waals surface area contributed by atoms with Crippen molar-refractivity contribution in [3.63, 3.8) is 0 Å². The summed E-state index contributed by atoms with van der Waals surface area (Å²) < 4.78 is 19.1. The number of hydrogen-bond donors (Lipinski definition) is 0. The van der Waals surface area contributed by atoms with Crippen molar-refractivity contribution in [1.82, 2.24) is 4.98 Å². The van der Waals surface area contributed by atoms with Gasteiger partial charge >= 0.3 is 0 Å². The van der Waals surface area contributed by atoms with Crippen LogP contribution in [0.15, 0.2) is 36.5 Å². The highest BCUT2D eigenvalue weighted by Crippen LogP contribution is 2.29. The summed E-state index contributed by atoms with van der Waals surface area (Å²) in [7, 11) is 0. The molecule has 0 aliphatic carbocycles. The molecular weight excluding hydrogens is 241 g/mol. The Hall–Kier alpha value is -1.61. The van der Waals surface area contributed by atoms with Gasteiger partial charge in [-0.15, -0.1) is 11.6 Å². The maximum Gasteiger partial charge on any atom is 0.167 e. The third-order valence-electron chi connectivity index (χ3n) is 2.30. The minimum absolute atomic E-state index is 0.160. The molecule has 1 aromatic heterocycles. The second-order valence-electron chi connectivity index (χ2n) is 3.60.